The highest BCUT2D eigenvalue weighted by molar-refractivity contribution is 6.17. The van der Waals surface area contributed by atoms with Gasteiger partial charge in [0.2, 0.25) is 0 Å². The summed E-state index contributed by atoms with van der Waals surface area (Å²) in [5.41, 5.74) is 27.5. The Morgan fingerprint density at radius 1 is 0.126 bits per heavy atom. The van der Waals surface area contributed by atoms with Crippen LogP contribution >= 0.6 is 0 Å². The summed E-state index contributed by atoms with van der Waals surface area (Å²) in [5.74, 6) is 0. The number of aromatic nitrogens is 6. The molecular formula is C120H109N7. The Kier molecular flexibility index (Phi) is 26.4. The molecule has 0 aliphatic rings. The number of benzene rings is 18. The molecule has 6 heterocycles. The van der Waals surface area contributed by atoms with E-state index in [9.17, 15) is 0 Å². The van der Waals surface area contributed by atoms with E-state index in [2.05, 4.69) is 475 Å². The lowest BCUT2D eigenvalue weighted by Crippen LogP contribution is -2.09. The molecular weight excluding hydrogens is 1540 g/mol. The lowest BCUT2D eigenvalue weighted by atomic mass is 10.0. The van der Waals surface area contributed by atoms with Crippen LogP contribution in [-0.2, 0) is 0 Å². The third kappa shape index (κ3) is 15.9. The van der Waals surface area contributed by atoms with Crippen molar-refractivity contribution in [2.75, 3.05) is 4.90 Å². The highest BCUT2D eigenvalue weighted by Gasteiger charge is 2.23. The van der Waals surface area contributed by atoms with Gasteiger partial charge in [0.05, 0.1) is 66.2 Å². The predicted octanol–water partition coefficient (Wildman–Crippen LogP) is 34.9. The van der Waals surface area contributed by atoms with Gasteiger partial charge in [-0.3, -0.25) is 0 Å². The maximum absolute atomic E-state index is 2.41. The zero-order valence-corrected chi connectivity index (χ0v) is 74.8. The quantitative estimate of drug-likeness (QED) is 0.134. The predicted molar refractivity (Wildman–Crippen MR) is 554 cm³/mol. The molecule has 0 radical (unpaired) electrons. The Bertz CT molecular complexity index is 7350. The van der Waals surface area contributed by atoms with Gasteiger partial charge in [-0.05, 0) is 205 Å². The Labute approximate surface area is 746 Å². The summed E-state index contributed by atoms with van der Waals surface area (Å²) < 4.78 is 14.3. The van der Waals surface area contributed by atoms with Crippen LogP contribution in [0.1, 0.15) is 83.1 Å². The van der Waals surface area contributed by atoms with Crippen molar-refractivity contribution in [3.05, 3.63) is 443 Å². The van der Waals surface area contributed by atoms with Crippen molar-refractivity contribution in [2.24, 2.45) is 0 Å². The van der Waals surface area contributed by atoms with E-state index in [4.69, 9.17) is 0 Å². The van der Waals surface area contributed by atoms with E-state index in [-0.39, 0.29) is 0 Å². The van der Waals surface area contributed by atoms with Crippen LogP contribution in [0, 0.1) is 0 Å². The minimum atomic E-state index is 1.14. The van der Waals surface area contributed by atoms with Gasteiger partial charge < -0.3 is 32.3 Å². The van der Waals surface area contributed by atoms with E-state index in [1.54, 1.807) is 0 Å². The van der Waals surface area contributed by atoms with Crippen LogP contribution in [0.15, 0.2) is 443 Å². The van der Waals surface area contributed by atoms with E-state index < -0.39 is 0 Å². The van der Waals surface area contributed by atoms with Crippen molar-refractivity contribution in [3.8, 4) is 45.3 Å². The second-order valence-corrected chi connectivity index (χ2v) is 29.5. The summed E-state index contributed by atoms with van der Waals surface area (Å²) in [6, 6.07) is 159. The molecule has 0 spiro atoms. The molecule has 0 aliphatic heterocycles. The molecule has 0 N–H and O–H groups in total. The number of nitrogens with zero attached hydrogens (tertiary/aromatic N) is 7. The first-order valence-electron chi connectivity index (χ1n) is 45.4. The van der Waals surface area contributed by atoms with E-state index in [1.807, 2.05) is 83.1 Å². The van der Waals surface area contributed by atoms with Gasteiger partial charge in [0.1, 0.15) is 0 Å². The van der Waals surface area contributed by atoms with Crippen LogP contribution in [0.25, 0.3) is 176 Å². The Morgan fingerprint density at radius 3 is 0.567 bits per heavy atom. The maximum atomic E-state index is 2.41. The Hall–Kier alpha value is -15.4. The van der Waals surface area contributed by atoms with Crippen LogP contribution in [0.2, 0.25) is 0 Å². The molecule has 7 heteroatoms. The fourth-order valence-corrected chi connectivity index (χ4v) is 18.1. The van der Waals surface area contributed by atoms with Crippen LogP contribution in [0.5, 0.6) is 0 Å². The smallest absolute Gasteiger partial charge is 0.0542 e. The summed E-state index contributed by atoms with van der Waals surface area (Å²) >= 11 is 0. The van der Waals surface area contributed by atoms with E-state index >= 15 is 0 Å². The Balaban J connectivity index is 0.000000134. The number of hydrogen-bond acceptors (Lipinski definition) is 1. The summed E-state index contributed by atoms with van der Waals surface area (Å²) in [4.78, 5) is 2.31. The maximum Gasteiger partial charge on any atom is 0.0542 e. The van der Waals surface area contributed by atoms with E-state index in [1.165, 1.54) is 159 Å². The van der Waals surface area contributed by atoms with Gasteiger partial charge in [-0.1, -0.05) is 332 Å². The van der Waals surface area contributed by atoms with Gasteiger partial charge in [-0.2, -0.15) is 0 Å². The van der Waals surface area contributed by atoms with Gasteiger partial charge in [0.25, 0.3) is 0 Å². The van der Waals surface area contributed by atoms with Crippen molar-refractivity contribution in [2.45, 2.75) is 83.1 Å². The van der Waals surface area contributed by atoms with Gasteiger partial charge in [0.15, 0.2) is 0 Å². The zero-order valence-electron chi connectivity index (χ0n) is 74.8. The van der Waals surface area contributed by atoms with Gasteiger partial charge in [0, 0.05) is 116 Å². The summed E-state index contributed by atoms with van der Waals surface area (Å²) in [6.45, 7) is 24.0. The summed E-state index contributed by atoms with van der Waals surface area (Å²) in [6.07, 6.45) is 0. The number of anilines is 3. The van der Waals surface area contributed by atoms with Crippen molar-refractivity contribution in [3.63, 3.8) is 0 Å². The fraction of sp³-hybridized carbons (Fsp3) is 0.100. The van der Waals surface area contributed by atoms with Gasteiger partial charge in [-0.15, -0.1) is 0 Å². The third-order valence-electron chi connectivity index (χ3n) is 23.1. The zero-order chi connectivity index (χ0) is 87.9. The monoisotopic (exact) mass is 1650 g/mol. The fourth-order valence-electron chi connectivity index (χ4n) is 18.1. The lowest BCUT2D eigenvalue weighted by Gasteiger charge is -2.25. The molecule has 6 aromatic heterocycles. The van der Waals surface area contributed by atoms with Gasteiger partial charge >= 0.3 is 0 Å². The second kappa shape index (κ2) is 39.4. The van der Waals surface area contributed by atoms with Gasteiger partial charge in [-0.25, -0.2) is 0 Å². The molecule has 24 aromatic rings. The van der Waals surface area contributed by atoms with Crippen LogP contribution in [0.3, 0.4) is 0 Å². The molecule has 0 atom stereocenters. The molecule has 624 valence electrons. The molecule has 0 fully saturated rings. The summed E-state index contributed by atoms with van der Waals surface area (Å²) in [7, 11) is 0. The molecule has 0 unspecified atom stereocenters. The van der Waals surface area contributed by atoms with Crippen molar-refractivity contribution in [1.29, 1.82) is 0 Å². The first kappa shape index (κ1) is 85.1. The number of rotatable bonds is 10. The molecule has 7 nitrogen and oxygen atoms in total. The molecule has 18 aromatic carbocycles. The average molecular weight is 1650 g/mol. The third-order valence-corrected chi connectivity index (χ3v) is 23.1. The van der Waals surface area contributed by atoms with Crippen molar-refractivity contribution >= 4 is 148 Å². The topological polar surface area (TPSA) is 32.8 Å². The lowest BCUT2D eigenvalue weighted by molar-refractivity contribution is 1.16. The van der Waals surface area contributed by atoms with Crippen LogP contribution in [0.4, 0.5) is 17.1 Å². The number of hydrogen-bond donors (Lipinski definition) is 0. The molecule has 127 heavy (non-hydrogen) atoms. The highest BCUT2D eigenvalue weighted by Crippen LogP contribution is 2.44. The first-order chi connectivity index (χ1) is 63.1. The van der Waals surface area contributed by atoms with Crippen LogP contribution in [-0.4, -0.2) is 27.4 Å². The summed E-state index contributed by atoms with van der Waals surface area (Å²) in [5, 5.41) is 15.1. The number of fused-ring (bicyclic) bond motifs is 18. The standard InChI is InChI=1S/C42H27N3.C36H24N2.C30H22N2.6C2H6/c1-2-12-28(13-3-1)43-41-24-22-29(44-37-18-8-4-14-31(37)32-15-5-9-19-38(32)44)26-35(41)36-27-30(23-25-42(36)43)45-39-20-10-6-16-33(39)34-17-7-11-21-40(34)45;1-3-11-27(12-4-1)37-33-17-9-7-15-29(33)31-23-25(19-21-35(31)37)26-20-22-36-32(24-26)30-16-8-10-18-34(30)38(36)28-13-5-2-6-14-28;1-4-12-23(13-5-1)31(24-14-6-2-7-15-24)26-20-21-30-28(22-26)27-18-10-11-19-29(27)32(30)25-16-8-3-9-17-25;6*1-2/h1-27H;1-24H;1-22H;6*1-2H3. The minimum Gasteiger partial charge on any atom is -0.310 e. The molecule has 24 rings (SSSR count). The second-order valence-electron chi connectivity index (χ2n) is 29.5. The number of para-hydroxylation sites is 13. The molecule has 0 aliphatic carbocycles. The van der Waals surface area contributed by atoms with Crippen molar-refractivity contribution in [1.82, 2.24) is 27.4 Å². The van der Waals surface area contributed by atoms with E-state index in [0.717, 1.165) is 34.1 Å². The minimum absolute atomic E-state index is 1.14. The molecule has 0 saturated heterocycles. The van der Waals surface area contributed by atoms with Crippen molar-refractivity contribution < 1.29 is 0 Å². The first-order valence-corrected chi connectivity index (χ1v) is 45.4. The molecule has 0 amide bonds. The Morgan fingerprint density at radius 2 is 0.307 bits per heavy atom. The largest absolute Gasteiger partial charge is 0.310 e. The van der Waals surface area contributed by atoms with E-state index in [0.29, 0.717) is 0 Å². The SMILES string of the molecule is CC.CC.CC.CC.CC.CC.c1ccc(-n2c3ccc(-n4c5ccccc5c5ccccc54)cc3c3cc(-n4c5ccccc5c5ccccc54)ccc32)cc1.c1ccc(-n2c3ccccc3c3cc(-c4ccc5c(c4)c4ccccc4n5-c4ccccc4)ccc32)cc1.c1ccc(N(c2ccccc2)c2ccc3c(c2)c2ccccc2n3-c2ccccc2)cc1. The van der Waals surface area contributed by atoms with Crippen LogP contribution < -0.4 is 4.90 Å². The molecule has 0 saturated carbocycles. The normalized spacial score (nSPS) is 10.8. The highest BCUT2D eigenvalue weighted by atomic mass is 15.1. The molecule has 0 bridgehead atoms. The average Bonchev–Trinajstić information content (AvgIpc) is 1.56.